The largest absolute Gasteiger partial charge is 0.394 e. The summed E-state index contributed by atoms with van der Waals surface area (Å²) < 4.78 is 31.7. The number of ether oxygens (including phenoxy) is 1. The van der Waals surface area contributed by atoms with Crippen LogP contribution in [0.4, 0.5) is 8.78 Å². The minimum absolute atomic E-state index is 0.0273. The zero-order chi connectivity index (χ0) is 20.4. The third-order valence-electron chi connectivity index (χ3n) is 3.78. The summed E-state index contributed by atoms with van der Waals surface area (Å²) in [6.07, 6.45) is -1.28. The number of carbonyl (C=O) groups is 2. The van der Waals surface area contributed by atoms with E-state index >= 15 is 0 Å². The summed E-state index contributed by atoms with van der Waals surface area (Å²) in [5, 5.41) is 24.9. The van der Waals surface area contributed by atoms with E-state index in [0.29, 0.717) is 6.61 Å². The van der Waals surface area contributed by atoms with Crippen LogP contribution >= 0.6 is 0 Å². The maximum Gasteiger partial charge on any atom is 0.246 e. The van der Waals surface area contributed by atoms with Crippen LogP contribution in [0.15, 0.2) is 18.2 Å². The van der Waals surface area contributed by atoms with Gasteiger partial charge in [0.25, 0.3) is 0 Å². The van der Waals surface area contributed by atoms with Crippen LogP contribution in [0.25, 0.3) is 0 Å². The normalized spacial score (nSPS) is 14.3. The number of hydrogen-bond donors (Lipinski definition) is 4. The Morgan fingerprint density at radius 3 is 2.33 bits per heavy atom. The van der Waals surface area contributed by atoms with Gasteiger partial charge < -0.3 is 25.6 Å². The van der Waals surface area contributed by atoms with Crippen molar-refractivity contribution in [3.05, 3.63) is 35.4 Å². The molecular weight excluding hydrogens is 362 g/mol. The Balaban J connectivity index is 2.79. The first-order chi connectivity index (χ1) is 12.7. The Morgan fingerprint density at radius 1 is 1.19 bits per heavy atom. The maximum atomic E-state index is 13.4. The molecule has 2 amide bonds. The molecule has 0 bridgehead atoms. The average Bonchev–Trinajstić information content (AvgIpc) is 2.57. The lowest BCUT2D eigenvalue weighted by Crippen LogP contribution is -2.49. The van der Waals surface area contributed by atoms with E-state index in [0.717, 1.165) is 18.2 Å². The highest BCUT2D eigenvalue weighted by Crippen LogP contribution is 2.14. The molecule has 4 N–H and O–H groups in total. The number of benzene rings is 1. The van der Waals surface area contributed by atoms with Gasteiger partial charge in [0.15, 0.2) is 0 Å². The van der Waals surface area contributed by atoms with Gasteiger partial charge in [-0.2, -0.15) is 0 Å². The molecule has 0 saturated heterocycles. The van der Waals surface area contributed by atoms with Crippen LogP contribution in [-0.2, 0) is 20.7 Å². The lowest BCUT2D eigenvalue weighted by molar-refractivity contribution is -0.127. The van der Waals surface area contributed by atoms with Crippen LogP contribution in [0.2, 0.25) is 0 Å². The third-order valence-corrected chi connectivity index (χ3v) is 3.78. The predicted octanol–water partition coefficient (Wildman–Crippen LogP) is 0.277. The molecule has 0 aliphatic heterocycles. The minimum Gasteiger partial charge on any atom is -0.394 e. The molecule has 9 heteroatoms. The second kappa shape index (κ2) is 11.6. The minimum atomic E-state index is -1.18. The topological polar surface area (TPSA) is 108 Å². The van der Waals surface area contributed by atoms with Crippen molar-refractivity contribution < 1.29 is 33.3 Å². The third kappa shape index (κ3) is 8.89. The SMILES string of the molecule is CCOCC(=O)NC(CO)C[C@H](O)[C@H](Cc1cc(F)cc(F)c1)NC(C)=O. The summed E-state index contributed by atoms with van der Waals surface area (Å²) in [7, 11) is 0. The van der Waals surface area contributed by atoms with Gasteiger partial charge >= 0.3 is 0 Å². The molecule has 152 valence electrons. The van der Waals surface area contributed by atoms with E-state index in [2.05, 4.69) is 10.6 Å². The van der Waals surface area contributed by atoms with Crippen molar-refractivity contribution in [1.29, 1.82) is 0 Å². The molecule has 0 aromatic heterocycles. The van der Waals surface area contributed by atoms with Crippen molar-refractivity contribution in [2.24, 2.45) is 0 Å². The van der Waals surface area contributed by atoms with Gasteiger partial charge in [-0.05, 0) is 37.5 Å². The van der Waals surface area contributed by atoms with Crippen LogP contribution in [0, 0.1) is 11.6 Å². The highest BCUT2D eigenvalue weighted by molar-refractivity contribution is 5.77. The quantitative estimate of drug-likeness (QED) is 0.436. The summed E-state index contributed by atoms with van der Waals surface area (Å²) in [5.41, 5.74) is 0.256. The van der Waals surface area contributed by atoms with Crippen molar-refractivity contribution in [3.63, 3.8) is 0 Å². The molecule has 0 spiro atoms. The number of rotatable bonds is 11. The number of carbonyl (C=O) groups excluding carboxylic acids is 2. The second-order valence-corrected chi connectivity index (χ2v) is 6.18. The van der Waals surface area contributed by atoms with Crippen LogP contribution < -0.4 is 10.6 Å². The predicted molar refractivity (Wildman–Crippen MR) is 93.8 cm³/mol. The van der Waals surface area contributed by atoms with Gasteiger partial charge in [-0.25, -0.2) is 8.78 Å². The summed E-state index contributed by atoms with van der Waals surface area (Å²) in [6.45, 7) is 2.72. The molecule has 3 atom stereocenters. The van der Waals surface area contributed by atoms with Gasteiger partial charge in [0.1, 0.15) is 18.2 Å². The Morgan fingerprint density at radius 2 is 1.81 bits per heavy atom. The number of amides is 2. The summed E-state index contributed by atoms with van der Waals surface area (Å²) in [4.78, 5) is 23.1. The molecule has 0 aliphatic rings. The van der Waals surface area contributed by atoms with Gasteiger partial charge in [-0.3, -0.25) is 9.59 Å². The summed E-state index contributed by atoms with van der Waals surface area (Å²) in [5.74, 6) is -2.42. The highest BCUT2D eigenvalue weighted by Gasteiger charge is 2.25. The van der Waals surface area contributed by atoms with Gasteiger partial charge in [0.2, 0.25) is 11.8 Å². The highest BCUT2D eigenvalue weighted by atomic mass is 19.1. The fraction of sp³-hybridized carbons (Fsp3) is 0.556. The monoisotopic (exact) mass is 388 g/mol. The van der Waals surface area contributed by atoms with E-state index in [4.69, 9.17) is 4.74 Å². The Labute approximate surface area is 156 Å². The smallest absolute Gasteiger partial charge is 0.246 e. The van der Waals surface area contributed by atoms with Crippen LogP contribution in [-0.4, -0.2) is 60.0 Å². The maximum absolute atomic E-state index is 13.4. The van der Waals surface area contributed by atoms with Crippen molar-refractivity contribution in [3.8, 4) is 0 Å². The molecule has 0 aliphatic carbocycles. The second-order valence-electron chi connectivity index (χ2n) is 6.18. The first-order valence-electron chi connectivity index (χ1n) is 8.63. The molecule has 1 rings (SSSR count). The van der Waals surface area contributed by atoms with E-state index in [1.807, 2.05) is 0 Å². The lowest BCUT2D eigenvalue weighted by atomic mass is 9.96. The summed E-state index contributed by atoms with van der Waals surface area (Å²) in [6, 6.07) is 1.31. The van der Waals surface area contributed by atoms with E-state index in [-0.39, 0.29) is 25.0 Å². The van der Waals surface area contributed by atoms with Crippen LogP contribution in [0.3, 0.4) is 0 Å². The average molecular weight is 388 g/mol. The number of aliphatic hydroxyl groups excluding tert-OH is 2. The number of hydrogen-bond acceptors (Lipinski definition) is 5. The van der Waals surface area contributed by atoms with Gasteiger partial charge in [-0.15, -0.1) is 0 Å². The Bertz CT molecular complexity index is 610. The number of halogens is 2. The Kier molecular flexibility index (Phi) is 9.84. The van der Waals surface area contributed by atoms with Gasteiger partial charge in [0, 0.05) is 19.6 Å². The molecule has 1 aromatic carbocycles. The molecule has 0 heterocycles. The Hall–Kier alpha value is -2.10. The molecule has 0 radical (unpaired) electrons. The molecule has 0 fully saturated rings. The first kappa shape index (κ1) is 22.9. The van der Waals surface area contributed by atoms with E-state index in [1.54, 1.807) is 6.92 Å². The van der Waals surface area contributed by atoms with Crippen molar-refractivity contribution >= 4 is 11.8 Å². The van der Waals surface area contributed by atoms with E-state index in [9.17, 15) is 28.6 Å². The van der Waals surface area contributed by atoms with Crippen molar-refractivity contribution in [2.45, 2.75) is 44.9 Å². The molecule has 1 unspecified atom stereocenters. The summed E-state index contributed by atoms with van der Waals surface area (Å²) >= 11 is 0. The number of nitrogens with one attached hydrogen (secondary N) is 2. The fourth-order valence-electron chi connectivity index (χ4n) is 2.63. The van der Waals surface area contributed by atoms with Crippen LogP contribution in [0.5, 0.6) is 0 Å². The molecule has 7 nitrogen and oxygen atoms in total. The standard InChI is InChI=1S/C18H26F2N2O5/c1-3-27-10-18(26)22-15(9-23)8-17(25)16(21-11(2)24)6-12-4-13(19)7-14(20)5-12/h4-5,7,15-17,23,25H,3,6,8-10H2,1-2H3,(H,21,24)(H,22,26)/t15?,16-,17-/m0/s1. The first-order valence-corrected chi connectivity index (χ1v) is 8.63. The number of aliphatic hydroxyl groups is 2. The molecule has 1 aromatic rings. The van der Waals surface area contributed by atoms with E-state index < -0.39 is 48.2 Å². The van der Waals surface area contributed by atoms with Gasteiger partial charge in [-0.1, -0.05) is 0 Å². The lowest BCUT2D eigenvalue weighted by Gasteiger charge is -2.27. The zero-order valence-electron chi connectivity index (χ0n) is 15.4. The molecular formula is C18H26F2N2O5. The molecule has 0 saturated carbocycles. The van der Waals surface area contributed by atoms with Gasteiger partial charge in [0.05, 0.1) is 24.8 Å². The van der Waals surface area contributed by atoms with E-state index in [1.165, 1.54) is 6.92 Å². The zero-order valence-corrected chi connectivity index (χ0v) is 15.4. The molecule has 27 heavy (non-hydrogen) atoms. The van der Waals surface area contributed by atoms with Crippen molar-refractivity contribution in [2.75, 3.05) is 19.8 Å². The van der Waals surface area contributed by atoms with Crippen molar-refractivity contribution in [1.82, 2.24) is 10.6 Å². The van der Waals surface area contributed by atoms with Crippen LogP contribution in [0.1, 0.15) is 25.8 Å². The fourth-order valence-corrected chi connectivity index (χ4v) is 2.63.